The first-order valence-corrected chi connectivity index (χ1v) is 9.36. The van der Waals surface area contributed by atoms with Crippen molar-refractivity contribution in [3.05, 3.63) is 24.0 Å². The highest BCUT2D eigenvalue weighted by Crippen LogP contribution is 2.28. The van der Waals surface area contributed by atoms with Crippen molar-refractivity contribution in [2.75, 3.05) is 62.7 Å². The maximum absolute atomic E-state index is 14.7. The van der Waals surface area contributed by atoms with Crippen LogP contribution in [0.25, 0.3) is 0 Å². The summed E-state index contributed by atoms with van der Waals surface area (Å²) in [6.07, 6.45) is -0.927. The number of nitrogens with one attached hydrogen (secondary N) is 1. The van der Waals surface area contributed by atoms with E-state index in [-0.39, 0.29) is 11.0 Å². The van der Waals surface area contributed by atoms with Crippen LogP contribution in [-0.2, 0) is 9.47 Å². The number of hydrogen-bond donors (Lipinski definition) is 1. The van der Waals surface area contributed by atoms with Crippen molar-refractivity contribution >= 4 is 34.9 Å². The second-order valence-corrected chi connectivity index (χ2v) is 6.92. The Bertz CT molecular complexity index is 779. The molecule has 8 nitrogen and oxygen atoms in total. The number of amides is 1. The van der Waals surface area contributed by atoms with Crippen LogP contribution in [0.4, 0.5) is 20.6 Å². The Labute approximate surface area is 168 Å². The van der Waals surface area contributed by atoms with Gasteiger partial charge in [-0.2, -0.15) is 5.26 Å². The Kier molecular flexibility index (Phi) is 6.49. The summed E-state index contributed by atoms with van der Waals surface area (Å²) in [4.78, 5) is 17.5. The number of methoxy groups -OCH3 is 1. The van der Waals surface area contributed by atoms with Gasteiger partial charge in [0.2, 0.25) is 0 Å². The van der Waals surface area contributed by atoms with E-state index in [2.05, 4.69) is 11.4 Å². The van der Waals surface area contributed by atoms with Gasteiger partial charge in [0.15, 0.2) is 0 Å². The fraction of sp³-hybridized carbons (Fsp3) is 0.500. The Balaban J connectivity index is 1.62. The number of nitriles is 1. The standard InChI is InChI=1S/C18H22FN5O3S/c1-26-17(28)21-11-14-12-24(18(25)27-14)13-2-3-16(15(19)10-13)23-8-6-22(5-4-20)7-9-23/h2-3,10,14H,5-9,11-12H2,1H3,(H,21,28). The molecule has 0 saturated carbocycles. The lowest BCUT2D eigenvalue weighted by atomic mass is 10.2. The van der Waals surface area contributed by atoms with E-state index in [9.17, 15) is 9.18 Å². The number of carbonyl (C=O) groups is 1. The molecule has 2 aliphatic rings. The minimum atomic E-state index is -0.521. The van der Waals surface area contributed by atoms with Crippen molar-refractivity contribution < 1.29 is 18.7 Å². The number of nitrogens with zero attached hydrogens (tertiary/aromatic N) is 4. The lowest BCUT2D eigenvalue weighted by Crippen LogP contribution is -2.46. The van der Waals surface area contributed by atoms with Crippen LogP contribution in [0.15, 0.2) is 18.2 Å². The van der Waals surface area contributed by atoms with Crippen LogP contribution in [0.2, 0.25) is 0 Å². The summed E-state index contributed by atoms with van der Waals surface area (Å²) >= 11 is 4.90. The molecule has 1 N–H and O–H groups in total. The third-order valence-electron chi connectivity index (χ3n) is 4.78. The first-order valence-electron chi connectivity index (χ1n) is 8.95. The van der Waals surface area contributed by atoms with Gasteiger partial charge in [0.25, 0.3) is 5.17 Å². The highest BCUT2D eigenvalue weighted by molar-refractivity contribution is 7.80. The molecule has 1 amide bonds. The third-order valence-corrected chi connectivity index (χ3v) is 5.09. The van der Waals surface area contributed by atoms with Crippen molar-refractivity contribution in [3.8, 4) is 6.07 Å². The molecule has 28 heavy (non-hydrogen) atoms. The normalized spacial score (nSPS) is 19.9. The number of thiocarbonyl (C=S) groups is 1. The smallest absolute Gasteiger partial charge is 0.414 e. The zero-order chi connectivity index (χ0) is 20.1. The predicted octanol–water partition coefficient (Wildman–Crippen LogP) is 1.32. The van der Waals surface area contributed by atoms with E-state index in [0.717, 1.165) is 0 Å². The molecular weight excluding hydrogens is 385 g/mol. The summed E-state index contributed by atoms with van der Waals surface area (Å²) in [5.41, 5.74) is 0.947. The maximum Gasteiger partial charge on any atom is 0.414 e. The average Bonchev–Trinajstić information content (AvgIpc) is 3.07. The fourth-order valence-corrected chi connectivity index (χ4v) is 3.36. The summed E-state index contributed by atoms with van der Waals surface area (Å²) in [6, 6.07) is 6.89. The number of cyclic esters (lactones) is 1. The fourth-order valence-electron chi connectivity index (χ4n) is 3.28. The van der Waals surface area contributed by atoms with Gasteiger partial charge in [-0.15, -0.1) is 0 Å². The van der Waals surface area contributed by atoms with Gasteiger partial charge in [-0.1, -0.05) is 0 Å². The molecule has 2 saturated heterocycles. The first kappa shape index (κ1) is 20.1. The Hall–Kier alpha value is -2.64. The molecule has 2 fully saturated rings. The van der Waals surface area contributed by atoms with Crippen molar-refractivity contribution in [3.63, 3.8) is 0 Å². The molecule has 0 radical (unpaired) electrons. The van der Waals surface area contributed by atoms with Crippen LogP contribution < -0.4 is 15.1 Å². The summed E-state index contributed by atoms with van der Waals surface area (Å²) < 4.78 is 24.9. The topological polar surface area (TPSA) is 81.1 Å². The minimum Gasteiger partial charge on any atom is -0.474 e. The highest BCUT2D eigenvalue weighted by atomic mass is 32.1. The molecule has 10 heteroatoms. The van der Waals surface area contributed by atoms with Crippen LogP contribution in [0.3, 0.4) is 0 Å². The van der Waals surface area contributed by atoms with Crippen molar-refractivity contribution in [2.45, 2.75) is 6.10 Å². The molecule has 2 heterocycles. The molecular formula is C18H22FN5O3S. The molecule has 0 spiro atoms. The van der Waals surface area contributed by atoms with Gasteiger partial charge in [0.05, 0.1) is 44.2 Å². The predicted molar refractivity (Wildman–Crippen MR) is 106 cm³/mol. The van der Waals surface area contributed by atoms with E-state index in [1.165, 1.54) is 18.1 Å². The van der Waals surface area contributed by atoms with Crippen molar-refractivity contribution in [1.82, 2.24) is 10.2 Å². The molecule has 1 aromatic rings. The van der Waals surface area contributed by atoms with E-state index < -0.39 is 12.2 Å². The van der Waals surface area contributed by atoms with Crippen LogP contribution in [0.1, 0.15) is 0 Å². The molecule has 1 atom stereocenters. The van der Waals surface area contributed by atoms with Gasteiger partial charge in [-0.3, -0.25) is 9.80 Å². The van der Waals surface area contributed by atoms with E-state index in [0.29, 0.717) is 57.2 Å². The zero-order valence-electron chi connectivity index (χ0n) is 15.6. The lowest BCUT2D eigenvalue weighted by Gasteiger charge is -2.35. The number of rotatable bonds is 5. The van der Waals surface area contributed by atoms with Crippen molar-refractivity contribution in [2.24, 2.45) is 0 Å². The number of ether oxygens (including phenoxy) is 2. The van der Waals surface area contributed by atoms with Crippen LogP contribution in [0, 0.1) is 17.1 Å². The average molecular weight is 407 g/mol. The molecule has 150 valence electrons. The SMILES string of the molecule is COC(=S)NCC1CN(c2ccc(N3CCN(CC#N)CC3)c(F)c2)C(=O)O1. The van der Waals surface area contributed by atoms with E-state index in [4.69, 9.17) is 27.0 Å². The van der Waals surface area contributed by atoms with Crippen LogP contribution >= 0.6 is 12.2 Å². The van der Waals surface area contributed by atoms with E-state index >= 15 is 0 Å². The largest absolute Gasteiger partial charge is 0.474 e. The molecule has 0 bridgehead atoms. The number of hydrogen-bond acceptors (Lipinski definition) is 7. The first-order chi connectivity index (χ1) is 13.5. The van der Waals surface area contributed by atoms with E-state index in [1.54, 1.807) is 12.1 Å². The highest BCUT2D eigenvalue weighted by Gasteiger charge is 2.33. The van der Waals surface area contributed by atoms with Gasteiger partial charge in [-0.25, -0.2) is 9.18 Å². The molecule has 1 unspecified atom stereocenters. The summed E-state index contributed by atoms with van der Waals surface area (Å²) in [5, 5.41) is 11.8. The van der Waals surface area contributed by atoms with Crippen LogP contribution in [-0.4, -0.2) is 75.2 Å². The molecule has 0 aromatic heterocycles. The third kappa shape index (κ3) is 4.61. The van der Waals surface area contributed by atoms with Gasteiger partial charge in [0, 0.05) is 26.2 Å². The van der Waals surface area contributed by atoms with Gasteiger partial charge in [-0.05, 0) is 30.4 Å². The van der Waals surface area contributed by atoms with Crippen LogP contribution in [0.5, 0.6) is 0 Å². The van der Waals surface area contributed by atoms with Gasteiger partial charge in [0.1, 0.15) is 11.9 Å². The Morgan fingerprint density at radius 3 is 2.82 bits per heavy atom. The van der Waals surface area contributed by atoms with Gasteiger partial charge < -0.3 is 19.7 Å². The summed E-state index contributed by atoms with van der Waals surface area (Å²) in [5.74, 6) is -0.388. The number of carbonyl (C=O) groups excluding carboxylic acids is 1. The molecule has 3 rings (SSSR count). The zero-order valence-corrected chi connectivity index (χ0v) is 16.4. The Morgan fingerprint density at radius 2 is 2.18 bits per heavy atom. The molecule has 2 aliphatic heterocycles. The summed E-state index contributed by atoms with van der Waals surface area (Å²) in [6.45, 7) is 3.73. The number of benzene rings is 1. The second-order valence-electron chi connectivity index (χ2n) is 6.55. The monoisotopic (exact) mass is 407 g/mol. The maximum atomic E-state index is 14.7. The lowest BCUT2D eigenvalue weighted by molar-refractivity contribution is 0.142. The quantitative estimate of drug-likeness (QED) is 0.578. The second kappa shape index (κ2) is 9.03. The molecule has 1 aromatic carbocycles. The number of halogens is 1. The van der Waals surface area contributed by atoms with E-state index in [1.807, 2.05) is 9.80 Å². The van der Waals surface area contributed by atoms with Crippen molar-refractivity contribution in [1.29, 1.82) is 5.26 Å². The Morgan fingerprint density at radius 1 is 1.43 bits per heavy atom. The molecule has 0 aliphatic carbocycles. The number of anilines is 2. The summed E-state index contributed by atoms with van der Waals surface area (Å²) in [7, 11) is 1.45. The minimum absolute atomic E-state index is 0.222. The van der Waals surface area contributed by atoms with Gasteiger partial charge >= 0.3 is 6.09 Å². The number of piperazine rings is 1.